The van der Waals surface area contributed by atoms with Crippen molar-refractivity contribution in [2.75, 3.05) is 0 Å². The van der Waals surface area contributed by atoms with Gasteiger partial charge in [-0.15, -0.1) is 0 Å². The van der Waals surface area contributed by atoms with Gasteiger partial charge in [-0.1, -0.05) is 5.16 Å². The topological polar surface area (TPSA) is 45.5 Å². The molecule has 0 aliphatic rings. The van der Waals surface area contributed by atoms with Crippen molar-refractivity contribution in [3.63, 3.8) is 0 Å². The largest absolute Gasteiger partial charge is 0.411 e. The Balaban J connectivity index is 2.96. The van der Waals surface area contributed by atoms with Crippen LogP contribution in [0.4, 0.5) is 0 Å². The van der Waals surface area contributed by atoms with Gasteiger partial charge in [-0.05, 0) is 19.1 Å². The van der Waals surface area contributed by atoms with Gasteiger partial charge in [0, 0.05) is 18.0 Å². The van der Waals surface area contributed by atoms with Crippen LogP contribution < -0.4 is 0 Å². The van der Waals surface area contributed by atoms with E-state index in [1.807, 2.05) is 6.07 Å². The van der Waals surface area contributed by atoms with E-state index < -0.39 is 0 Å². The molecule has 0 saturated heterocycles. The first kappa shape index (κ1) is 6.74. The zero-order valence-electron chi connectivity index (χ0n) is 5.65. The molecule has 1 heterocycles. The van der Waals surface area contributed by atoms with Crippen molar-refractivity contribution in [3.8, 4) is 0 Å². The lowest BCUT2D eigenvalue weighted by Gasteiger charge is -1.93. The molecule has 10 heavy (non-hydrogen) atoms. The highest BCUT2D eigenvalue weighted by atomic mass is 16.4. The second-order valence-electron chi connectivity index (χ2n) is 1.93. The third-order valence-corrected chi connectivity index (χ3v) is 1.23. The lowest BCUT2D eigenvalue weighted by Crippen LogP contribution is -1.93. The molecule has 1 rings (SSSR count). The fourth-order valence-corrected chi connectivity index (χ4v) is 0.635. The van der Waals surface area contributed by atoms with Gasteiger partial charge in [0.05, 0.1) is 5.71 Å². The molecule has 0 fully saturated rings. The van der Waals surface area contributed by atoms with Gasteiger partial charge in [0.1, 0.15) is 0 Å². The zero-order chi connectivity index (χ0) is 7.40. The Morgan fingerprint density at radius 2 is 2.50 bits per heavy atom. The first-order valence-electron chi connectivity index (χ1n) is 2.93. The molecule has 0 amide bonds. The third kappa shape index (κ3) is 1.31. The number of pyridine rings is 1. The number of hydrogen-bond acceptors (Lipinski definition) is 3. The Labute approximate surface area is 59.0 Å². The molecule has 0 aliphatic carbocycles. The van der Waals surface area contributed by atoms with Crippen LogP contribution in [0.5, 0.6) is 0 Å². The molecule has 0 spiro atoms. The molecule has 1 N–H and O–H groups in total. The highest BCUT2D eigenvalue weighted by molar-refractivity contribution is 5.97. The predicted octanol–water partition coefficient (Wildman–Crippen LogP) is 1.28. The highest BCUT2D eigenvalue weighted by Crippen LogP contribution is 1.96. The smallest absolute Gasteiger partial charge is 0.0852 e. The minimum absolute atomic E-state index is 0.577. The van der Waals surface area contributed by atoms with Crippen LogP contribution in [0.2, 0.25) is 0 Å². The number of hydrogen-bond donors (Lipinski definition) is 1. The second-order valence-corrected chi connectivity index (χ2v) is 1.93. The van der Waals surface area contributed by atoms with Crippen molar-refractivity contribution in [1.82, 2.24) is 4.98 Å². The third-order valence-electron chi connectivity index (χ3n) is 1.23. The molecule has 1 aromatic heterocycles. The van der Waals surface area contributed by atoms with Crippen LogP contribution in [0.25, 0.3) is 0 Å². The Morgan fingerprint density at radius 1 is 1.70 bits per heavy atom. The molecule has 0 bridgehead atoms. The van der Waals surface area contributed by atoms with Gasteiger partial charge in [0.15, 0.2) is 0 Å². The van der Waals surface area contributed by atoms with Crippen LogP contribution in [-0.2, 0) is 0 Å². The quantitative estimate of drug-likeness (QED) is 0.359. The van der Waals surface area contributed by atoms with Crippen molar-refractivity contribution in [1.29, 1.82) is 0 Å². The number of nitrogens with zero attached hydrogens (tertiary/aromatic N) is 2. The average molecular weight is 136 g/mol. The van der Waals surface area contributed by atoms with Crippen LogP contribution in [0.15, 0.2) is 29.7 Å². The first-order chi connectivity index (χ1) is 4.84. The monoisotopic (exact) mass is 136 g/mol. The Hall–Kier alpha value is -1.38. The van der Waals surface area contributed by atoms with Crippen LogP contribution in [0.3, 0.4) is 0 Å². The summed E-state index contributed by atoms with van der Waals surface area (Å²) >= 11 is 0. The van der Waals surface area contributed by atoms with E-state index in [9.17, 15) is 0 Å². The standard InChI is InChI=1S/C7H8N2O/c1-6(9-10)7-3-2-4-8-5-7/h2-5,10H,1H3/b9-6-. The van der Waals surface area contributed by atoms with Gasteiger partial charge in [-0.2, -0.15) is 0 Å². The fraction of sp³-hybridized carbons (Fsp3) is 0.143. The normalized spacial score (nSPS) is 11.5. The summed E-state index contributed by atoms with van der Waals surface area (Å²) in [5.41, 5.74) is 1.41. The summed E-state index contributed by atoms with van der Waals surface area (Å²) in [7, 11) is 0. The van der Waals surface area contributed by atoms with E-state index in [1.165, 1.54) is 0 Å². The summed E-state index contributed by atoms with van der Waals surface area (Å²) in [6.45, 7) is 1.72. The van der Waals surface area contributed by atoms with Crippen LogP contribution in [0.1, 0.15) is 12.5 Å². The van der Waals surface area contributed by atoms with E-state index in [1.54, 1.807) is 25.4 Å². The number of oxime groups is 1. The molecule has 1 aromatic rings. The van der Waals surface area contributed by atoms with Gasteiger partial charge in [0.25, 0.3) is 0 Å². The maximum absolute atomic E-state index is 8.35. The summed E-state index contributed by atoms with van der Waals surface area (Å²) in [5.74, 6) is 0. The molecular formula is C7H8N2O. The van der Waals surface area contributed by atoms with Crippen LogP contribution in [-0.4, -0.2) is 15.9 Å². The van der Waals surface area contributed by atoms with Crippen molar-refractivity contribution in [2.45, 2.75) is 6.92 Å². The SMILES string of the molecule is C/C(=N/O)c1cccnc1. The summed E-state index contributed by atoms with van der Waals surface area (Å²) in [6.07, 6.45) is 3.32. The van der Waals surface area contributed by atoms with Gasteiger partial charge >= 0.3 is 0 Å². The molecule has 0 atom stereocenters. The zero-order valence-corrected chi connectivity index (χ0v) is 5.65. The average Bonchev–Trinajstić information content (AvgIpc) is 2.05. The molecule has 0 radical (unpaired) electrons. The molecular weight excluding hydrogens is 128 g/mol. The maximum atomic E-state index is 8.35. The van der Waals surface area contributed by atoms with E-state index in [4.69, 9.17) is 5.21 Å². The predicted molar refractivity (Wildman–Crippen MR) is 38.2 cm³/mol. The van der Waals surface area contributed by atoms with E-state index in [2.05, 4.69) is 10.1 Å². The van der Waals surface area contributed by atoms with Crippen LogP contribution >= 0.6 is 0 Å². The lowest BCUT2D eigenvalue weighted by atomic mass is 10.2. The number of aromatic nitrogens is 1. The van der Waals surface area contributed by atoms with Crippen molar-refractivity contribution < 1.29 is 5.21 Å². The van der Waals surface area contributed by atoms with Gasteiger partial charge in [-0.25, -0.2) is 0 Å². The Morgan fingerprint density at radius 3 is 3.00 bits per heavy atom. The lowest BCUT2D eigenvalue weighted by molar-refractivity contribution is 0.319. The highest BCUT2D eigenvalue weighted by Gasteiger charge is 1.93. The maximum Gasteiger partial charge on any atom is 0.0852 e. The molecule has 0 unspecified atom stereocenters. The summed E-state index contributed by atoms with van der Waals surface area (Å²) in [6, 6.07) is 3.63. The van der Waals surface area contributed by atoms with Crippen molar-refractivity contribution >= 4 is 5.71 Å². The second kappa shape index (κ2) is 2.96. The van der Waals surface area contributed by atoms with E-state index >= 15 is 0 Å². The van der Waals surface area contributed by atoms with E-state index in [-0.39, 0.29) is 0 Å². The van der Waals surface area contributed by atoms with Gasteiger partial charge in [-0.3, -0.25) is 4.98 Å². The first-order valence-corrected chi connectivity index (χ1v) is 2.93. The minimum atomic E-state index is 0.577. The fourth-order valence-electron chi connectivity index (χ4n) is 0.635. The molecule has 0 saturated carbocycles. The molecule has 0 aromatic carbocycles. The Kier molecular flexibility index (Phi) is 1.99. The van der Waals surface area contributed by atoms with Gasteiger partial charge in [0.2, 0.25) is 0 Å². The molecule has 0 aliphatic heterocycles. The minimum Gasteiger partial charge on any atom is -0.411 e. The van der Waals surface area contributed by atoms with Crippen molar-refractivity contribution in [2.24, 2.45) is 5.16 Å². The molecule has 3 nitrogen and oxygen atoms in total. The summed E-state index contributed by atoms with van der Waals surface area (Å²) in [5, 5.41) is 11.4. The van der Waals surface area contributed by atoms with E-state index in [0.717, 1.165) is 5.56 Å². The Bertz CT molecular complexity index is 231. The molecule has 3 heteroatoms. The summed E-state index contributed by atoms with van der Waals surface area (Å²) in [4.78, 5) is 3.86. The van der Waals surface area contributed by atoms with E-state index in [0.29, 0.717) is 5.71 Å². The van der Waals surface area contributed by atoms with Crippen LogP contribution in [0, 0.1) is 0 Å². The van der Waals surface area contributed by atoms with Gasteiger partial charge < -0.3 is 5.21 Å². The number of rotatable bonds is 1. The molecule has 52 valence electrons. The summed E-state index contributed by atoms with van der Waals surface area (Å²) < 4.78 is 0. The van der Waals surface area contributed by atoms with Crippen molar-refractivity contribution in [3.05, 3.63) is 30.1 Å².